The molecule has 1 fully saturated rings. The molecule has 1 aliphatic heterocycles. The van der Waals surface area contributed by atoms with Gasteiger partial charge in [-0.1, -0.05) is 24.3 Å². The van der Waals surface area contributed by atoms with Gasteiger partial charge in [0.15, 0.2) is 0 Å². The van der Waals surface area contributed by atoms with Crippen LogP contribution in [0.3, 0.4) is 0 Å². The van der Waals surface area contributed by atoms with Gasteiger partial charge in [0.2, 0.25) is 6.29 Å². The molecule has 1 aromatic carbocycles. The van der Waals surface area contributed by atoms with E-state index in [1.165, 1.54) is 0 Å². The van der Waals surface area contributed by atoms with Crippen LogP contribution in [-0.2, 0) is 4.74 Å². The van der Waals surface area contributed by atoms with Crippen molar-refractivity contribution in [2.24, 2.45) is 0 Å². The zero-order chi connectivity index (χ0) is 16.1. The number of ether oxygens (including phenoxy) is 2. The van der Waals surface area contributed by atoms with Gasteiger partial charge in [-0.05, 0) is 17.7 Å². The minimum atomic E-state index is -1.47. The average molecular weight is 312 g/mol. The van der Waals surface area contributed by atoms with E-state index in [0.29, 0.717) is 5.75 Å². The van der Waals surface area contributed by atoms with E-state index in [1.807, 2.05) is 0 Å². The lowest BCUT2D eigenvalue weighted by Crippen LogP contribution is -2.60. The van der Waals surface area contributed by atoms with Crippen LogP contribution in [0.1, 0.15) is 5.56 Å². The molecule has 2 rings (SSSR count). The summed E-state index contributed by atoms with van der Waals surface area (Å²) in [6, 6.07) is 6.76. The van der Waals surface area contributed by atoms with Crippen LogP contribution < -0.4 is 4.74 Å². The number of benzene rings is 1. The van der Waals surface area contributed by atoms with E-state index in [1.54, 1.807) is 36.4 Å². The molecular weight excluding hydrogens is 292 g/mol. The minimum absolute atomic E-state index is 0.0525. The predicted octanol–water partition coefficient (Wildman–Crippen LogP) is -1.13. The SMILES string of the molecule is OC/C=C/c1ccc(O[C@H]2O[C@@H](CO)[C@H](O)[C@@H](O)[C@@H]2O)cc1. The molecule has 0 aromatic heterocycles. The Hall–Kier alpha value is -1.48. The van der Waals surface area contributed by atoms with Crippen molar-refractivity contribution in [1.82, 2.24) is 0 Å². The Morgan fingerprint density at radius 1 is 1.00 bits per heavy atom. The molecular formula is C15H20O7. The van der Waals surface area contributed by atoms with E-state index in [2.05, 4.69) is 0 Å². The van der Waals surface area contributed by atoms with Gasteiger partial charge in [0.25, 0.3) is 0 Å². The van der Waals surface area contributed by atoms with E-state index < -0.39 is 37.3 Å². The lowest BCUT2D eigenvalue weighted by molar-refractivity contribution is -0.277. The van der Waals surface area contributed by atoms with E-state index in [-0.39, 0.29) is 6.61 Å². The van der Waals surface area contributed by atoms with Crippen LogP contribution >= 0.6 is 0 Å². The Kier molecular flexibility index (Phi) is 5.90. The van der Waals surface area contributed by atoms with E-state index in [9.17, 15) is 15.3 Å². The van der Waals surface area contributed by atoms with Gasteiger partial charge in [0, 0.05) is 0 Å². The summed E-state index contributed by atoms with van der Waals surface area (Å²) in [5, 5.41) is 47.0. The second-order valence-electron chi connectivity index (χ2n) is 4.97. The van der Waals surface area contributed by atoms with Crippen LogP contribution in [0.5, 0.6) is 5.75 Å². The average Bonchev–Trinajstić information content (AvgIpc) is 2.54. The van der Waals surface area contributed by atoms with Crippen molar-refractivity contribution in [1.29, 1.82) is 0 Å². The zero-order valence-electron chi connectivity index (χ0n) is 11.8. The normalized spacial score (nSPS) is 32.3. The summed E-state index contributed by atoms with van der Waals surface area (Å²) >= 11 is 0. The maximum atomic E-state index is 9.87. The molecule has 1 aliphatic rings. The molecule has 5 N–H and O–H groups in total. The van der Waals surface area contributed by atoms with Gasteiger partial charge >= 0.3 is 0 Å². The van der Waals surface area contributed by atoms with Crippen molar-refractivity contribution in [3.63, 3.8) is 0 Å². The summed E-state index contributed by atoms with van der Waals surface area (Å²) in [5.41, 5.74) is 0.857. The summed E-state index contributed by atoms with van der Waals surface area (Å²) in [6.07, 6.45) is -3.20. The highest BCUT2D eigenvalue weighted by molar-refractivity contribution is 5.50. The third-order valence-electron chi connectivity index (χ3n) is 3.40. The third kappa shape index (κ3) is 3.83. The quantitative estimate of drug-likeness (QED) is 0.467. The van der Waals surface area contributed by atoms with Gasteiger partial charge in [0.1, 0.15) is 30.2 Å². The molecule has 0 radical (unpaired) electrons. The van der Waals surface area contributed by atoms with Gasteiger partial charge in [-0.15, -0.1) is 0 Å². The van der Waals surface area contributed by atoms with Gasteiger partial charge in [-0.3, -0.25) is 0 Å². The van der Waals surface area contributed by atoms with Crippen LogP contribution in [0.4, 0.5) is 0 Å². The Morgan fingerprint density at radius 3 is 2.27 bits per heavy atom. The molecule has 0 aliphatic carbocycles. The standard InChI is InChI=1S/C15H20O7/c16-7-1-2-9-3-5-10(6-4-9)21-15-14(20)13(19)12(18)11(8-17)22-15/h1-6,11-20H,7-8H2/b2-1+/t11-,12-,13+,14-,15-/m0/s1. The topological polar surface area (TPSA) is 120 Å². The highest BCUT2D eigenvalue weighted by Crippen LogP contribution is 2.24. The van der Waals surface area contributed by atoms with Crippen LogP contribution in [0, 0.1) is 0 Å². The lowest BCUT2D eigenvalue weighted by Gasteiger charge is -2.39. The van der Waals surface area contributed by atoms with Crippen LogP contribution in [0.15, 0.2) is 30.3 Å². The highest BCUT2D eigenvalue weighted by atomic mass is 16.7. The maximum absolute atomic E-state index is 9.87. The van der Waals surface area contributed by atoms with Crippen molar-refractivity contribution in [3.8, 4) is 5.75 Å². The van der Waals surface area contributed by atoms with Crippen LogP contribution in [0.2, 0.25) is 0 Å². The van der Waals surface area contributed by atoms with Crippen molar-refractivity contribution in [2.45, 2.75) is 30.7 Å². The summed E-state index contributed by atoms with van der Waals surface area (Å²) in [7, 11) is 0. The lowest BCUT2D eigenvalue weighted by atomic mass is 9.99. The number of hydrogen-bond acceptors (Lipinski definition) is 7. The monoisotopic (exact) mass is 312 g/mol. The number of aliphatic hydroxyl groups is 5. The number of aliphatic hydroxyl groups excluding tert-OH is 5. The van der Waals surface area contributed by atoms with Gasteiger partial charge < -0.3 is 35.0 Å². The van der Waals surface area contributed by atoms with Crippen molar-refractivity contribution >= 4 is 6.08 Å². The largest absolute Gasteiger partial charge is 0.462 e. The van der Waals surface area contributed by atoms with Crippen LogP contribution in [0.25, 0.3) is 6.08 Å². The molecule has 5 atom stereocenters. The van der Waals surface area contributed by atoms with Crippen molar-refractivity contribution in [2.75, 3.05) is 13.2 Å². The zero-order valence-corrected chi connectivity index (χ0v) is 11.8. The second-order valence-corrected chi connectivity index (χ2v) is 4.97. The molecule has 0 saturated carbocycles. The molecule has 0 bridgehead atoms. The first kappa shape index (κ1) is 16.9. The smallest absolute Gasteiger partial charge is 0.229 e. The summed E-state index contributed by atoms with van der Waals surface area (Å²) in [6.45, 7) is -0.557. The summed E-state index contributed by atoms with van der Waals surface area (Å²) < 4.78 is 10.7. The fourth-order valence-electron chi connectivity index (χ4n) is 2.15. The number of rotatable bonds is 5. The first-order valence-corrected chi connectivity index (χ1v) is 6.91. The molecule has 1 heterocycles. The molecule has 1 aromatic rings. The summed E-state index contributed by atoms with van der Waals surface area (Å²) in [5.74, 6) is 0.394. The van der Waals surface area contributed by atoms with E-state index in [0.717, 1.165) is 5.56 Å². The summed E-state index contributed by atoms with van der Waals surface area (Å²) in [4.78, 5) is 0. The molecule has 0 unspecified atom stereocenters. The second kappa shape index (κ2) is 7.68. The minimum Gasteiger partial charge on any atom is -0.462 e. The third-order valence-corrected chi connectivity index (χ3v) is 3.40. The Bertz CT molecular complexity index is 485. The Labute approximate surface area is 127 Å². The van der Waals surface area contributed by atoms with E-state index in [4.69, 9.17) is 19.7 Å². The first-order valence-electron chi connectivity index (χ1n) is 6.91. The van der Waals surface area contributed by atoms with Crippen molar-refractivity contribution in [3.05, 3.63) is 35.9 Å². The number of hydrogen-bond donors (Lipinski definition) is 5. The fraction of sp³-hybridized carbons (Fsp3) is 0.467. The molecule has 0 amide bonds. The Balaban J connectivity index is 2.04. The van der Waals surface area contributed by atoms with Crippen LogP contribution in [-0.4, -0.2) is 69.5 Å². The maximum Gasteiger partial charge on any atom is 0.229 e. The van der Waals surface area contributed by atoms with Crippen molar-refractivity contribution < 1.29 is 35.0 Å². The fourth-order valence-corrected chi connectivity index (χ4v) is 2.15. The predicted molar refractivity (Wildman–Crippen MR) is 77.0 cm³/mol. The van der Waals surface area contributed by atoms with Gasteiger partial charge in [0.05, 0.1) is 13.2 Å². The molecule has 0 spiro atoms. The first-order chi connectivity index (χ1) is 10.6. The molecule has 22 heavy (non-hydrogen) atoms. The molecule has 7 heteroatoms. The molecule has 1 saturated heterocycles. The van der Waals surface area contributed by atoms with Gasteiger partial charge in [-0.25, -0.2) is 0 Å². The molecule has 122 valence electrons. The van der Waals surface area contributed by atoms with Gasteiger partial charge in [-0.2, -0.15) is 0 Å². The highest BCUT2D eigenvalue weighted by Gasteiger charge is 2.44. The Morgan fingerprint density at radius 2 is 1.68 bits per heavy atom. The molecule has 7 nitrogen and oxygen atoms in total. The van der Waals surface area contributed by atoms with E-state index >= 15 is 0 Å².